The molecule has 1 aliphatic rings. The van der Waals surface area contributed by atoms with Gasteiger partial charge < -0.3 is 9.31 Å². The smallest absolute Gasteiger partial charge is 0.398 e. The van der Waals surface area contributed by atoms with Crippen LogP contribution in [0, 0.1) is 0 Å². The van der Waals surface area contributed by atoms with E-state index < -0.39 is 24.0 Å². The first-order chi connectivity index (χ1) is 13.3. The molecule has 4 rings (SSSR count). The van der Waals surface area contributed by atoms with Crippen LogP contribution in [0.15, 0.2) is 48.7 Å². The van der Waals surface area contributed by atoms with Crippen molar-refractivity contribution in [1.82, 2.24) is 30.0 Å². The maximum Gasteiger partial charge on any atom is 0.525 e. The van der Waals surface area contributed by atoms with Gasteiger partial charge in [0.05, 0.1) is 47.4 Å². The lowest BCUT2D eigenvalue weighted by molar-refractivity contribution is 0.00578. The van der Waals surface area contributed by atoms with E-state index in [1.165, 1.54) is 15.7 Å². The molecule has 28 heavy (non-hydrogen) atoms. The monoisotopic (exact) mass is 382 g/mol. The van der Waals surface area contributed by atoms with Crippen molar-refractivity contribution in [3.8, 4) is 11.4 Å². The average molecular weight is 382 g/mol. The molecule has 1 fully saturated rings. The van der Waals surface area contributed by atoms with Crippen LogP contribution in [0.2, 0.25) is 0 Å². The van der Waals surface area contributed by atoms with Crippen LogP contribution in [-0.2, 0) is 9.31 Å². The van der Waals surface area contributed by atoms with Gasteiger partial charge >= 0.3 is 7.12 Å². The fourth-order valence-corrected chi connectivity index (χ4v) is 2.81. The minimum absolute atomic E-state index is 0.531. The van der Waals surface area contributed by atoms with E-state index in [4.69, 9.17) is 9.31 Å². The molecular weight excluding hydrogens is 362 g/mol. The first-order valence-corrected chi connectivity index (χ1v) is 8.87. The van der Waals surface area contributed by atoms with Crippen molar-refractivity contribution in [3.63, 3.8) is 0 Å². The summed E-state index contributed by atoms with van der Waals surface area (Å²) in [4.78, 5) is 2.88. The number of halogens is 1. The minimum Gasteiger partial charge on any atom is -0.398 e. The van der Waals surface area contributed by atoms with Crippen molar-refractivity contribution < 1.29 is 13.7 Å². The van der Waals surface area contributed by atoms with Gasteiger partial charge in [-0.3, -0.25) is 0 Å². The Morgan fingerprint density at radius 2 is 1.46 bits per heavy atom. The third-order valence-corrected chi connectivity index (χ3v) is 5.07. The van der Waals surface area contributed by atoms with E-state index in [-0.39, 0.29) is 0 Å². The molecule has 0 aliphatic carbocycles. The van der Waals surface area contributed by atoms with E-state index in [2.05, 4.69) is 20.4 Å². The summed E-state index contributed by atoms with van der Waals surface area (Å²) >= 11 is 0. The van der Waals surface area contributed by atoms with Crippen molar-refractivity contribution in [2.24, 2.45) is 0 Å². The maximum atomic E-state index is 15.0. The van der Waals surface area contributed by atoms with Crippen molar-refractivity contribution >= 4 is 13.2 Å². The van der Waals surface area contributed by atoms with Crippen LogP contribution in [-0.4, -0.2) is 48.3 Å². The Morgan fingerprint density at radius 1 is 0.929 bits per heavy atom. The van der Waals surface area contributed by atoms with Crippen LogP contribution >= 0.6 is 0 Å². The molecule has 10 heteroatoms. The van der Waals surface area contributed by atoms with Gasteiger partial charge in [0.15, 0.2) is 0 Å². The van der Waals surface area contributed by atoms with Gasteiger partial charge in [-0.05, 0) is 45.9 Å². The lowest BCUT2D eigenvalue weighted by Gasteiger charge is -2.32. The van der Waals surface area contributed by atoms with Crippen LogP contribution in [0.1, 0.15) is 33.3 Å². The molecule has 1 aromatic carbocycles. The molecule has 0 N–H and O–H groups in total. The molecule has 0 spiro atoms. The molecule has 1 saturated heterocycles. The van der Waals surface area contributed by atoms with Crippen molar-refractivity contribution in [2.45, 2.75) is 38.9 Å². The SMILES string of the molecule is CC1(C)OB(C(F)=Cc2ccc(-n3nccn3)cc2-n2nccn2)OC1(C)C. The Morgan fingerprint density at radius 3 is 2.04 bits per heavy atom. The second kappa shape index (κ2) is 6.64. The normalized spacial score (nSPS) is 18.6. The Hall–Kier alpha value is -2.85. The van der Waals surface area contributed by atoms with Gasteiger partial charge in [-0.1, -0.05) is 6.07 Å². The molecule has 0 unspecified atom stereocenters. The van der Waals surface area contributed by atoms with E-state index in [1.54, 1.807) is 43.0 Å². The van der Waals surface area contributed by atoms with Gasteiger partial charge in [0.2, 0.25) is 0 Å². The summed E-state index contributed by atoms with van der Waals surface area (Å²) < 4.78 is 26.6. The van der Waals surface area contributed by atoms with Crippen molar-refractivity contribution in [3.05, 3.63) is 54.3 Å². The van der Waals surface area contributed by atoms with Gasteiger partial charge in [0.25, 0.3) is 0 Å². The average Bonchev–Trinajstić information content (AvgIpc) is 3.37. The minimum atomic E-state index is -1.07. The van der Waals surface area contributed by atoms with E-state index in [1.807, 2.05) is 27.7 Å². The van der Waals surface area contributed by atoms with Gasteiger partial charge in [0.1, 0.15) is 5.73 Å². The van der Waals surface area contributed by atoms with Gasteiger partial charge in [0, 0.05) is 5.56 Å². The molecular formula is C18H20BFN6O2. The lowest BCUT2D eigenvalue weighted by atomic mass is 9.86. The Kier molecular flexibility index (Phi) is 4.39. The van der Waals surface area contributed by atoms with Gasteiger partial charge in [-0.25, -0.2) is 4.39 Å². The molecule has 3 heterocycles. The van der Waals surface area contributed by atoms with Crippen LogP contribution in [0.3, 0.4) is 0 Å². The molecule has 2 aromatic heterocycles. The zero-order valence-corrected chi connectivity index (χ0v) is 16.1. The summed E-state index contributed by atoms with van der Waals surface area (Å²) in [6, 6.07) is 5.32. The zero-order valence-electron chi connectivity index (χ0n) is 16.1. The second-order valence-electron chi connectivity index (χ2n) is 7.50. The van der Waals surface area contributed by atoms with Gasteiger partial charge in [-0.2, -0.15) is 30.0 Å². The number of nitrogens with zero attached hydrogens (tertiary/aromatic N) is 6. The predicted octanol–water partition coefficient (Wildman–Crippen LogP) is 2.79. The summed E-state index contributed by atoms with van der Waals surface area (Å²) in [7, 11) is -1.07. The fraction of sp³-hybridized carbons (Fsp3) is 0.333. The number of aromatic nitrogens is 6. The zero-order chi connectivity index (χ0) is 19.9. The van der Waals surface area contributed by atoms with Crippen LogP contribution < -0.4 is 0 Å². The van der Waals surface area contributed by atoms with Crippen molar-refractivity contribution in [2.75, 3.05) is 0 Å². The highest BCUT2D eigenvalue weighted by atomic mass is 19.1. The molecule has 8 nitrogen and oxygen atoms in total. The second-order valence-corrected chi connectivity index (χ2v) is 7.50. The number of benzene rings is 1. The highest BCUT2D eigenvalue weighted by molar-refractivity contribution is 6.54. The van der Waals surface area contributed by atoms with Crippen LogP contribution in [0.25, 0.3) is 17.5 Å². The first kappa shape index (κ1) is 18.5. The number of hydrogen-bond donors (Lipinski definition) is 0. The summed E-state index contributed by atoms with van der Waals surface area (Å²) in [5.41, 5.74) is 0.0728. The summed E-state index contributed by atoms with van der Waals surface area (Å²) in [5, 5.41) is 16.6. The third kappa shape index (κ3) is 3.25. The van der Waals surface area contributed by atoms with Crippen molar-refractivity contribution in [1.29, 1.82) is 0 Å². The Balaban J connectivity index is 1.72. The van der Waals surface area contributed by atoms with Crippen LogP contribution in [0.5, 0.6) is 0 Å². The number of hydrogen-bond acceptors (Lipinski definition) is 6. The maximum absolute atomic E-state index is 15.0. The number of rotatable bonds is 4. The van der Waals surface area contributed by atoms with Crippen LogP contribution in [0.4, 0.5) is 4.39 Å². The van der Waals surface area contributed by atoms with E-state index >= 15 is 4.39 Å². The predicted molar refractivity (Wildman–Crippen MR) is 101 cm³/mol. The quantitative estimate of drug-likeness (QED) is 0.646. The Bertz CT molecular complexity index is 985. The van der Waals surface area contributed by atoms with E-state index in [0.29, 0.717) is 16.9 Å². The highest BCUT2D eigenvalue weighted by Gasteiger charge is 2.53. The lowest BCUT2D eigenvalue weighted by Crippen LogP contribution is -2.41. The molecule has 1 aliphatic heterocycles. The standard InChI is InChI=1S/C18H20BFN6O2/c1-17(2)18(3,4)28-19(27-17)16(20)11-13-5-6-14(25-21-7-8-22-25)12-15(13)26-23-9-10-24-26/h5-12H,1-4H3. The summed E-state index contributed by atoms with van der Waals surface area (Å²) in [6.07, 6.45) is 7.64. The molecule has 144 valence electrons. The molecule has 0 radical (unpaired) electrons. The molecule has 0 bridgehead atoms. The highest BCUT2D eigenvalue weighted by Crippen LogP contribution is 2.39. The third-order valence-electron chi connectivity index (χ3n) is 5.07. The summed E-state index contributed by atoms with van der Waals surface area (Å²) in [5.74, 6) is 0. The van der Waals surface area contributed by atoms with E-state index in [0.717, 1.165) is 0 Å². The topological polar surface area (TPSA) is 79.9 Å². The first-order valence-electron chi connectivity index (χ1n) is 8.87. The molecule has 0 atom stereocenters. The summed E-state index contributed by atoms with van der Waals surface area (Å²) in [6.45, 7) is 7.52. The largest absolute Gasteiger partial charge is 0.525 e. The Labute approximate surface area is 162 Å². The molecule has 3 aromatic rings. The van der Waals surface area contributed by atoms with Gasteiger partial charge in [-0.15, -0.1) is 0 Å². The molecule has 0 amide bonds. The van der Waals surface area contributed by atoms with E-state index in [9.17, 15) is 0 Å². The fourth-order valence-electron chi connectivity index (χ4n) is 2.81. The molecule has 0 saturated carbocycles.